The van der Waals surface area contributed by atoms with Crippen molar-refractivity contribution in [2.24, 2.45) is 0 Å². The second-order valence-electron chi connectivity index (χ2n) is 7.63. The highest BCUT2D eigenvalue weighted by Gasteiger charge is 2.42. The summed E-state index contributed by atoms with van der Waals surface area (Å²) in [6.07, 6.45) is -3.78. The number of nitrogens with one attached hydrogen (secondary N) is 2. The van der Waals surface area contributed by atoms with Gasteiger partial charge in [0, 0.05) is 13.0 Å². The number of ether oxygens (including phenoxy) is 1. The number of esters is 1. The third-order valence-corrected chi connectivity index (χ3v) is 5.26. The average Bonchev–Trinajstić information content (AvgIpc) is 3.29. The third-order valence-electron chi connectivity index (χ3n) is 5.26. The molecule has 0 radical (unpaired) electrons. The van der Waals surface area contributed by atoms with Gasteiger partial charge in [-0.2, -0.15) is 13.2 Å². The molecule has 4 aromatic rings. The van der Waals surface area contributed by atoms with Crippen molar-refractivity contribution in [3.8, 4) is 11.1 Å². The minimum absolute atomic E-state index is 0.216. The van der Waals surface area contributed by atoms with Gasteiger partial charge in [-0.25, -0.2) is 9.78 Å². The van der Waals surface area contributed by atoms with Crippen molar-refractivity contribution in [3.05, 3.63) is 90.3 Å². The number of fused-ring (bicyclic) bond motifs is 1. The van der Waals surface area contributed by atoms with Crippen LogP contribution < -0.4 is 5.32 Å². The van der Waals surface area contributed by atoms with Crippen LogP contribution in [0.25, 0.3) is 22.2 Å². The number of imidazole rings is 1. The first-order valence-corrected chi connectivity index (χ1v) is 10.5. The summed E-state index contributed by atoms with van der Waals surface area (Å²) in [6, 6.07) is 22.9. The third kappa shape index (κ3) is 5.98. The van der Waals surface area contributed by atoms with E-state index in [9.17, 15) is 18.0 Å². The molecular weight excluding hydrogens is 431 g/mol. The van der Waals surface area contributed by atoms with E-state index in [1.165, 1.54) is 0 Å². The Labute approximate surface area is 188 Å². The molecule has 1 heterocycles. The van der Waals surface area contributed by atoms with Crippen molar-refractivity contribution in [2.75, 3.05) is 0 Å². The molecule has 0 aliphatic rings. The van der Waals surface area contributed by atoms with E-state index >= 15 is 0 Å². The van der Waals surface area contributed by atoms with Gasteiger partial charge in [0.2, 0.25) is 0 Å². The molecule has 2 N–H and O–H groups in total. The topological polar surface area (TPSA) is 67.0 Å². The minimum Gasteiger partial charge on any atom is -0.440 e. The SMILES string of the molecule is O=C(OC(CCc1ccccc1)NCc1ccc(-c2ccc3[nH]cnc3c2)cc1)C(F)(F)F. The lowest BCUT2D eigenvalue weighted by molar-refractivity contribution is -0.206. The molecule has 1 aromatic heterocycles. The zero-order valence-electron chi connectivity index (χ0n) is 17.6. The predicted molar refractivity (Wildman–Crippen MR) is 119 cm³/mol. The van der Waals surface area contributed by atoms with E-state index in [2.05, 4.69) is 15.3 Å². The summed E-state index contributed by atoms with van der Waals surface area (Å²) < 4.78 is 42.8. The molecule has 170 valence electrons. The van der Waals surface area contributed by atoms with Gasteiger partial charge < -0.3 is 9.72 Å². The normalized spacial score (nSPS) is 12.6. The Morgan fingerprint density at radius 2 is 1.70 bits per heavy atom. The number of carbonyl (C=O) groups excluding carboxylic acids is 1. The van der Waals surface area contributed by atoms with Gasteiger partial charge in [0.05, 0.1) is 17.4 Å². The molecule has 0 spiro atoms. The quantitative estimate of drug-likeness (QED) is 0.278. The van der Waals surface area contributed by atoms with Crippen LogP contribution in [0.4, 0.5) is 13.2 Å². The number of rotatable bonds is 8. The van der Waals surface area contributed by atoms with Crippen LogP contribution in [0.1, 0.15) is 17.5 Å². The minimum atomic E-state index is -5.04. The van der Waals surface area contributed by atoms with Gasteiger partial charge in [0.25, 0.3) is 0 Å². The van der Waals surface area contributed by atoms with Crippen LogP contribution in [0.2, 0.25) is 0 Å². The number of nitrogens with zero attached hydrogens (tertiary/aromatic N) is 1. The molecule has 0 fully saturated rings. The first kappa shape index (κ1) is 22.5. The predicted octanol–water partition coefficient (Wildman–Crippen LogP) is 5.38. The summed E-state index contributed by atoms with van der Waals surface area (Å²) in [5, 5.41) is 2.93. The Morgan fingerprint density at radius 1 is 0.970 bits per heavy atom. The summed E-state index contributed by atoms with van der Waals surface area (Å²) in [7, 11) is 0. The number of alkyl halides is 3. The van der Waals surface area contributed by atoms with Crippen molar-refractivity contribution in [1.29, 1.82) is 0 Å². The Bertz CT molecular complexity index is 1210. The van der Waals surface area contributed by atoms with Crippen LogP contribution in [-0.2, 0) is 22.5 Å². The summed E-state index contributed by atoms with van der Waals surface area (Å²) >= 11 is 0. The number of hydrogen-bond acceptors (Lipinski definition) is 4. The smallest absolute Gasteiger partial charge is 0.440 e. The number of aryl methyl sites for hydroxylation is 1. The fourth-order valence-electron chi connectivity index (χ4n) is 3.50. The molecule has 3 aromatic carbocycles. The van der Waals surface area contributed by atoms with Crippen molar-refractivity contribution in [1.82, 2.24) is 15.3 Å². The number of H-pyrrole nitrogens is 1. The molecule has 0 saturated heterocycles. The maximum atomic E-state index is 12.7. The van der Waals surface area contributed by atoms with Crippen molar-refractivity contribution in [3.63, 3.8) is 0 Å². The highest BCUT2D eigenvalue weighted by atomic mass is 19.4. The number of benzene rings is 3. The number of hydrogen-bond donors (Lipinski definition) is 2. The molecule has 0 aliphatic heterocycles. The van der Waals surface area contributed by atoms with Gasteiger partial charge in [-0.1, -0.05) is 60.7 Å². The lowest BCUT2D eigenvalue weighted by Gasteiger charge is -2.20. The molecular formula is C25H22F3N3O2. The Hall–Kier alpha value is -3.65. The average molecular weight is 453 g/mol. The van der Waals surface area contributed by atoms with Crippen molar-refractivity contribution < 1.29 is 22.7 Å². The number of carbonyl (C=O) groups is 1. The monoisotopic (exact) mass is 453 g/mol. The van der Waals surface area contributed by atoms with Crippen LogP contribution >= 0.6 is 0 Å². The molecule has 4 rings (SSSR count). The molecule has 0 bridgehead atoms. The molecule has 1 unspecified atom stereocenters. The summed E-state index contributed by atoms with van der Waals surface area (Å²) in [4.78, 5) is 18.7. The van der Waals surface area contributed by atoms with Crippen LogP contribution in [0.5, 0.6) is 0 Å². The Morgan fingerprint density at radius 3 is 2.42 bits per heavy atom. The van der Waals surface area contributed by atoms with Crippen molar-refractivity contribution in [2.45, 2.75) is 31.8 Å². The van der Waals surface area contributed by atoms with E-state index in [4.69, 9.17) is 4.74 Å². The molecule has 33 heavy (non-hydrogen) atoms. The van der Waals surface area contributed by atoms with Gasteiger partial charge in [-0.3, -0.25) is 5.32 Å². The molecule has 0 saturated carbocycles. The zero-order chi connectivity index (χ0) is 23.3. The number of aromatic nitrogens is 2. The van der Waals surface area contributed by atoms with E-state index in [0.29, 0.717) is 6.42 Å². The van der Waals surface area contributed by atoms with E-state index in [-0.39, 0.29) is 13.0 Å². The second-order valence-corrected chi connectivity index (χ2v) is 7.63. The van der Waals surface area contributed by atoms with Gasteiger partial charge in [-0.05, 0) is 40.8 Å². The first-order valence-electron chi connectivity index (χ1n) is 10.5. The van der Waals surface area contributed by atoms with Gasteiger partial charge in [0.15, 0.2) is 6.23 Å². The van der Waals surface area contributed by atoms with Crippen LogP contribution in [0.15, 0.2) is 79.1 Å². The molecule has 1 atom stereocenters. The largest absolute Gasteiger partial charge is 0.490 e. The van der Waals surface area contributed by atoms with Crippen LogP contribution in [0, 0.1) is 0 Å². The Balaban J connectivity index is 1.40. The van der Waals surface area contributed by atoms with E-state index in [1.54, 1.807) is 6.33 Å². The zero-order valence-corrected chi connectivity index (χ0v) is 17.6. The highest BCUT2D eigenvalue weighted by molar-refractivity contribution is 5.81. The van der Waals surface area contributed by atoms with E-state index in [1.807, 2.05) is 72.8 Å². The maximum absolute atomic E-state index is 12.7. The molecule has 5 nitrogen and oxygen atoms in total. The summed E-state index contributed by atoms with van der Waals surface area (Å²) in [5.74, 6) is -2.20. The van der Waals surface area contributed by atoms with Crippen LogP contribution in [-0.4, -0.2) is 28.3 Å². The van der Waals surface area contributed by atoms with E-state index < -0.39 is 18.4 Å². The van der Waals surface area contributed by atoms with Gasteiger partial charge >= 0.3 is 12.1 Å². The highest BCUT2D eigenvalue weighted by Crippen LogP contribution is 2.23. The molecule has 0 aliphatic carbocycles. The van der Waals surface area contributed by atoms with Gasteiger partial charge in [-0.15, -0.1) is 0 Å². The lowest BCUT2D eigenvalue weighted by Crippen LogP contribution is -2.38. The summed E-state index contributed by atoms with van der Waals surface area (Å²) in [6.45, 7) is 0.253. The van der Waals surface area contributed by atoms with Crippen LogP contribution in [0.3, 0.4) is 0 Å². The first-order chi connectivity index (χ1) is 15.9. The standard InChI is InChI=1S/C25H22F3N3O2/c26-25(27,28)24(32)33-23(13-8-17-4-2-1-3-5-17)29-15-18-6-9-19(10-7-18)20-11-12-21-22(14-20)31-16-30-21/h1-7,9-12,14,16,23,29H,8,13,15H2,(H,30,31). The fourth-order valence-corrected chi connectivity index (χ4v) is 3.50. The van der Waals surface area contributed by atoms with E-state index in [0.717, 1.165) is 33.3 Å². The molecule has 8 heteroatoms. The number of aromatic amines is 1. The fraction of sp³-hybridized carbons (Fsp3) is 0.200. The Kier molecular flexibility index (Phi) is 6.74. The van der Waals surface area contributed by atoms with Gasteiger partial charge in [0.1, 0.15) is 0 Å². The molecule has 0 amide bonds. The van der Waals surface area contributed by atoms with Crippen molar-refractivity contribution >= 4 is 17.0 Å². The summed E-state index contributed by atoms with van der Waals surface area (Å²) in [5.41, 5.74) is 5.63. The number of halogens is 3. The maximum Gasteiger partial charge on any atom is 0.490 e. The second kappa shape index (κ2) is 9.87. The lowest BCUT2D eigenvalue weighted by atomic mass is 10.0.